The molecule has 0 saturated heterocycles. The third-order valence-electron chi connectivity index (χ3n) is 4.92. The van der Waals surface area contributed by atoms with Crippen molar-refractivity contribution in [3.8, 4) is 23.0 Å². The molecule has 0 aromatic heterocycles. The average Bonchev–Trinajstić information content (AvgIpc) is 2.83. The SMILES string of the molecule is COc1cc(C=Cc2ccc(F)c(OC)c2NS(=O)(=O)c2ccc(N)cc2)cc(OC)c1OC. The first-order chi connectivity index (χ1) is 16.2. The van der Waals surface area contributed by atoms with Crippen molar-refractivity contribution in [1.82, 2.24) is 0 Å². The Kier molecular flexibility index (Phi) is 7.52. The van der Waals surface area contributed by atoms with E-state index in [2.05, 4.69) is 4.72 Å². The van der Waals surface area contributed by atoms with E-state index in [0.29, 0.717) is 34.1 Å². The molecule has 0 heterocycles. The van der Waals surface area contributed by atoms with Crippen LogP contribution in [0.25, 0.3) is 12.2 Å². The van der Waals surface area contributed by atoms with Gasteiger partial charge in [0.1, 0.15) is 5.69 Å². The van der Waals surface area contributed by atoms with Crippen LogP contribution in [0.15, 0.2) is 53.4 Å². The normalized spacial score (nSPS) is 11.3. The predicted molar refractivity (Wildman–Crippen MR) is 130 cm³/mol. The Balaban J connectivity index is 2.07. The molecule has 180 valence electrons. The van der Waals surface area contributed by atoms with E-state index in [0.717, 1.165) is 0 Å². The van der Waals surface area contributed by atoms with Crippen LogP contribution in [0, 0.1) is 5.82 Å². The van der Waals surface area contributed by atoms with Crippen LogP contribution in [0.2, 0.25) is 0 Å². The highest BCUT2D eigenvalue weighted by Crippen LogP contribution is 2.39. The first-order valence-electron chi connectivity index (χ1n) is 9.97. The van der Waals surface area contributed by atoms with E-state index in [4.69, 9.17) is 24.7 Å². The molecule has 0 aliphatic heterocycles. The van der Waals surface area contributed by atoms with E-state index in [-0.39, 0.29) is 16.3 Å². The summed E-state index contributed by atoms with van der Waals surface area (Å²) in [5.41, 5.74) is 7.05. The van der Waals surface area contributed by atoms with Gasteiger partial charge in [0.2, 0.25) is 5.75 Å². The maximum absolute atomic E-state index is 14.5. The van der Waals surface area contributed by atoms with Crippen LogP contribution < -0.4 is 29.4 Å². The summed E-state index contributed by atoms with van der Waals surface area (Å²) in [5.74, 6) is 0.362. The highest BCUT2D eigenvalue weighted by Gasteiger charge is 2.21. The summed E-state index contributed by atoms with van der Waals surface area (Å²) in [7, 11) is 1.70. The lowest BCUT2D eigenvalue weighted by Crippen LogP contribution is -2.15. The summed E-state index contributed by atoms with van der Waals surface area (Å²) in [6.07, 6.45) is 3.31. The van der Waals surface area contributed by atoms with Crippen molar-refractivity contribution in [1.29, 1.82) is 0 Å². The molecule has 0 aliphatic carbocycles. The maximum Gasteiger partial charge on any atom is 0.262 e. The quantitative estimate of drug-likeness (QED) is 0.339. The summed E-state index contributed by atoms with van der Waals surface area (Å²) < 4.78 is 64.0. The fourth-order valence-corrected chi connectivity index (χ4v) is 4.33. The lowest BCUT2D eigenvalue weighted by Gasteiger charge is -2.16. The minimum atomic E-state index is -4.06. The van der Waals surface area contributed by atoms with E-state index >= 15 is 0 Å². The Morgan fingerprint density at radius 3 is 1.94 bits per heavy atom. The van der Waals surface area contributed by atoms with Crippen molar-refractivity contribution in [2.24, 2.45) is 0 Å². The number of ether oxygens (including phenoxy) is 4. The average molecular weight is 489 g/mol. The van der Waals surface area contributed by atoms with Crippen LogP contribution in [0.1, 0.15) is 11.1 Å². The van der Waals surface area contributed by atoms with Crippen LogP contribution in [-0.2, 0) is 10.0 Å². The van der Waals surface area contributed by atoms with Gasteiger partial charge in [0.25, 0.3) is 10.0 Å². The largest absolute Gasteiger partial charge is 0.493 e. The Morgan fingerprint density at radius 2 is 1.41 bits per heavy atom. The molecule has 0 aliphatic rings. The first-order valence-corrected chi connectivity index (χ1v) is 11.4. The summed E-state index contributed by atoms with van der Waals surface area (Å²) >= 11 is 0. The van der Waals surface area contributed by atoms with Crippen LogP contribution in [0.5, 0.6) is 23.0 Å². The van der Waals surface area contributed by atoms with Gasteiger partial charge in [0, 0.05) is 11.3 Å². The second-order valence-corrected chi connectivity index (χ2v) is 8.69. The number of nitrogens with one attached hydrogen (secondary N) is 1. The first kappa shape index (κ1) is 24.7. The number of sulfonamides is 1. The minimum Gasteiger partial charge on any atom is -0.493 e. The summed E-state index contributed by atoms with van der Waals surface area (Å²) in [6, 6.07) is 11.7. The zero-order valence-corrected chi connectivity index (χ0v) is 19.9. The van der Waals surface area contributed by atoms with Gasteiger partial charge in [-0.3, -0.25) is 4.72 Å². The van der Waals surface area contributed by atoms with Crippen molar-refractivity contribution < 1.29 is 31.8 Å². The van der Waals surface area contributed by atoms with Gasteiger partial charge in [-0.05, 0) is 54.1 Å². The fourth-order valence-electron chi connectivity index (χ4n) is 3.24. The summed E-state index contributed by atoms with van der Waals surface area (Å²) in [5, 5.41) is 0. The molecule has 0 fully saturated rings. The molecular weight excluding hydrogens is 463 g/mol. The number of hydrogen-bond donors (Lipinski definition) is 2. The van der Waals surface area contributed by atoms with Gasteiger partial charge >= 0.3 is 0 Å². The van der Waals surface area contributed by atoms with Crippen LogP contribution in [-0.4, -0.2) is 36.9 Å². The molecule has 0 unspecified atom stereocenters. The number of nitrogens with two attached hydrogens (primary N) is 1. The molecule has 0 amide bonds. The number of methoxy groups -OCH3 is 4. The Bertz CT molecular complexity index is 1280. The molecule has 34 heavy (non-hydrogen) atoms. The van der Waals surface area contributed by atoms with E-state index in [1.165, 1.54) is 64.8 Å². The molecule has 3 N–H and O–H groups in total. The summed E-state index contributed by atoms with van der Waals surface area (Å²) in [6.45, 7) is 0. The molecule has 3 aromatic carbocycles. The van der Waals surface area contributed by atoms with Crippen molar-refractivity contribution in [3.63, 3.8) is 0 Å². The maximum atomic E-state index is 14.5. The molecule has 8 nitrogen and oxygen atoms in total. The zero-order valence-electron chi connectivity index (χ0n) is 19.1. The highest BCUT2D eigenvalue weighted by molar-refractivity contribution is 7.92. The predicted octanol–water partition coefficient (Wildman–Crippen LogP) is 4.41. The van der Waals surface area contributed by atoms with E-state index < -0.39 is 15.8 Å². The Labute approximate surface area is 197 Å². The molecule has 10 heteroatoms. The van der Waals surface area contributed by atoms with Crippen molar-refractivity contribution in [2.75, 3.05) is 38.9 Å². The molecule has 0 saturated carbocycles. The lowest BCUT2D eigenvalue weighted by molar-refractivity contribution is 0.324. The van der Waals surface area contributed by atoms with Crippen LogP contribution in [0.4, 0.5) is 15.8 Å². The monoisotopic (exact) mass is 488 g/mol. The molecule has 0 spiro atoms. The number of hydrogen-bond acceptors (Lipinski definition) is 7. The smallest absolute Gasteiger partial charge is 0.262 e. The van der Waals surface area contributed by atoms with Crippen LogP contribution >= 0.6 is 0 Å². The van der Waals surface area contributed by atoms with Gasteiger partial charge in [-0.15, -0.1) is 0 Å². The molecule has 3 aromatic rings. The Morgan fingerprint density at radius 1 is 0.824 bits per heavy atom. The van der Waals surface area contributed by atoms with Gasteiger partial charge in [-0.25, -0.2) is 12.8 Å². The lowest BCUT2D eigenvalue weighted by atomic mass is 10.1. The molecule has 0 radical (unpaired) electrons. The van der Waals surface area contributed by atoms with Crippen molar-refractivity contribution in [2.45, 2.75) is 4.90 Å². The van der Waals surface area contributed by atoms with Crippen molar-refractivity contribution in [3.05, 3.63) is 65.5 Å². The molecular formula is C24H25FN2O6S. The van der Waals surface area contributed by atoms with E-state index in [9.17, 15) is 12.8 Å². The fraction of sp³-hybridized carbons (Fsp3) is 0.167. The third-order valence-corrected chi connectivity index (χ3v) is 6.28. The highest BCUT2D eigenvalue weighted by atomic mass is 32.2. The standard InChI is InChI=1S/C24H25FN2O6S/c1-30-20-13-15(14-21(31-2)24(20)33-4)5-6-16-7-12-19(25)23(32-3)22(16)27-34(28,29)18-10-8-17(26)9-11-18/h5-14,27H,26H2,1-4H3. The number of anilines is 2. The Hall–Kier alpha value is -3.92. The zero-order chi connectivity index (χ0) is 24.9. The number of benzene rings is 3. The van der Waals surface area contributed by atoms with Gasteiger partial charge in [-0.2, -0.15) is 0 Å². The molecule has 0 atom stereocenters. The van der Waals surface area contributed by atoms with Crippen molar-refractivity contribution >= 4 is 33.6 Å². The number of halogens is 1. The molecule has 0 bridgehead atoms. The number of nitrogen functional groups attached to an aromatic ring is 1. The second-order valence-electron chi connectivity index (χ2n) is 7.01. The van der Waals surface area contributed by atoms with Gasteiger partial charge in [0.15, 0.2) is 23.1 Å². The molecule has 3 rings (SSSR count). The topological polar surface area (TPSA) is 109 Å². The number of rotatable bonds is 9. The summed E-state index contributed by atoms with van der Waals surface area (Å²) in [4.78, 5) is -0.0347. The second kappa shape index (κ2) is 10.3. The van der Waals surface area contributed by atoms with Gasteiger partial charge in [0.05, 0.1) is 33.3 Å². The third kappa shape index (κ3) is 5.18. The van der Waals surface area contributed by atoms with Crippen LogP contribution in [0.3, 0.4) is 0 Å². The minimum absolute atomic E-state index is 0.0347. The van der Waals surface area contributed by atoms with Gasteiger partial charge < -0.3 is 24.7 Å². The van der Waals surface area contributed by atoms with E-state index in [1.807, 2.05) is 0 Å². The van der Waals surface area contributed by atoms with E-state index in [1.54, 1.807) is 24.3 Å². The van der Waals surface area contributed by atoms with Gasteiger partial charge in [-0.1, -0.05) is 12.2 Å².